The van der Waals surface area contributed by atoms with E-state index in [1.807, 2.05) is 30.4 Å². The molecule has 2 N–H and O–H groups in total. The number of nitrogens with one attached hydrogen (secondary N) is 1. The molecule has 6 rings (SSSR count). The number of allylic oxidation sites excluding steroid dienone is 7. The van der Waals surface area contributed by atoms with E-state index in [0.717, 1.165) is 37.3 Å². The predicted molar refractivity (Wildman–Crippen MR) is 125 cm³/mol. The number of nitrogens with zero attached hydrogens (tertiary/aromatic N) is 1. The zero-order valence-electron chi connectivity index (χ0n) is 18.6. The minimum absolute atomic E-state index is 0.115. The Balaban J connectivity index is 1.29. The van der Waals surface area contributed by atoms with Crippen molar-refractivity contribution in [3.8, 4) is 0 Å². The molecule has 0 aromatic carbocycles. The molecule has 7 unspecified atom stereocenters. The Morgan fingerprint density at radius 1 is 1.12 bits per heavy atom. The summed E-state index contributed by atoms with van der Waals surface area (Å²) in [6.07, 6.45) is 23.1. The molecule has 0 saturated heterocycles. The van der Waals surface area contributed by atoms with E-state index in [1.165, 1.54) is 29.7 Å². The first-order valence-corrected chi connectivity index (χ1v) is 12.1. The number of methoxy groups -OCH3 is 1. The highest BCUT2D eigenvalue weighted by Gasteiger charge is 2.41. The number of aliphatic hydroxyl groups excluding tert-OH is 1. The van der Waals surface area contributed by atoms with E-state index >= 15 is 0 Å². The number of hydrogen-bond acceptors (Lipinski definition) is 5. The van der Waals surface area contributed by atoms with Gasteiger partial charge in [-0.05, 0) is 55.1 Å². The van der Waals surface area contributed by atoms with Crippen LogP contribution >= 0.6 is 0 Å². The fourth-order valence-corrected chi connectivity index (χ4v) is 6.23. The van der Waals surface area contributed by atoms with Crippen molar-refractivity contribution in [2.24, 2.45) is 28.7 Å². The fourth-order valence-electron chi connectivity index (χ4n) is 6.23. The smallest absolute Gasteiger partial charge is 0.189 e. The molecular weight excluding hydrogens is 400 g/mol. The van der Waals surface area contributed by atoms with Crippen LogP contribution in [0.5, 0.6) is 0 Å². The molecule has 0 radical (unpaired) electrons. The van der Waals surface area contributed by atoms with Crippen molar-refractivity contribution >= 4 is 5.71 Å². The van der Waals surface area contributed by atoms with Crippen LogP contribution in [-0.2, 0) is 9.47 Å². The maximum absolute atomic E-state index is 10.5. The maximum atomic E-state index is 10.5. The highest BCUT2D eigenvalue weighted by atomic mass is 16.5. The van der Waals surface area contributed by atoms with E-state index in [-0.39, 0.29) is 24.1 Å². The van der Waals surface area contributed by atoms with Crippen LogP contribution < -0.4 is 5.32 Å². The molecule has 2 aliphatic heterocycles. The van der Waals surface area contributed by atoms with Crippen LogP contribution in [0.2, 0.25) is 0 Å². The van der Waals surface area contributed by atoms with Gasteiger partial charge in [0.25, 0.3) is 0 Å². The monoisotopic (exact) mass is 432 g/mol. The van der Waals surface area contributed by atoms with Crippen molar-refractivity contribution in [1.29, 1.82) is 0 Å². The van der Waals surface area contributed by atoms with E-state index in [9.17, 15) is 5.11 Å². The van der Waals surface area contributed by atoms with Gasteiger partial charge in [-0.15, -0.1) is 0 Å². The third kappa shape index (κ3) is 3.47. The van der Waals surface area contributed by atoms with Gasteiger partial charge >= 0.3 is 0 Å². The largest absolute Gasteiger partial charge is 0.490 e. The normalized spacial score (nSPS) is 39.7. The van der Waals surface area contributed by atoms with Crippen molar-refractivity contribution < 1.29 is 14.6 Å². The second-order valence-electron chi connectivity index (χ2n) is 9.85. The van der Waals surface area contributed by atoms with Crippen molar-refractivity contribution in [1.82, 2.24) is 5.32 Å². The van der Waals surface area contributed by atoms with E-state index in [1.54, 1.807) is 7.11 Å². The Bertz CT molecular complexity index is 998. The SMILES string of the molecule is COC1=CC(C2C=C3C4=C(CC5CCC=CC5C4)OC3CC2)=NC(C2C=CC=CC2O)N1. The lowest BCUT2D eigenvalue weighted by molar-refractivity contribution is 0.128. The van der Waals surface area contributed by atoms with Gasteiger partial charge in [-0.2, -0.15) is 0 Å². The average molecular weight is 433 g/mol. The maximum Gasteiger partial charge on any atom is 0.189 e. The summed E-state index contributed by atoms with van der Waals surface area (Å²) in [7, 11) is 1.68. The lowest BCUT2D eigenvalue weighted by Crippen LogP contribution is -2.43. The number of aliphatic hydroxyl groups is 1. The molecule has 5 heteroatoms. The highest BCUT2D eigenvalue weighted by Crippen LogP contribution is 2.50. The zero-order chi connectivity index (χ0) is 21.7. The molecule has 5 nitrogen and oxygen atoms in total. The molecule has 168 valence electrons. The molecule has 0 aromatic heterocycles. The summed E-state index contributed by atoms with van der Waals surface area (Å²) in [5.74, 6) is 3.52. The van der Waals surface area contributed by atoms with E-state index in [2.05, 4.69) is 23.5 Å². The van der Waals surface area contributed by atoms with Gasteiger partial charge in [0.05, 0.1) is 13.2 Å². The Kier molecular flexibility index (Phi) is 5.09. The summed E-state index contributed by atoms with van der Waals surface area (Å²) >= 11 is 0. The highest BCUT2D eigenvalue weighted by molar-refractivity contribution is 5.99. The van der Waals surface area contributed by atoms with Crippen molar-refractivity contribution in [2.75, 3.05) is 7.11 Å². The minimum atomic E-state index is -0.553. The summed E-state index contributed by atoms with van der Waals surface area (Å²) in [6, 6.07) is 0. The van der Waals surface area contributed by atoms with E-state index in [4.69, 9.17) is 14.5 Å². The zero-order valence-corrected chi connectivity index (χ0v) is 18.6. The third-order valence-corrected chi connectivity index (χ3v) is 7.99. The van der Waals surface area contributed by atoms with Crippen molar-refractivity contribution in [2.45, 2.75) is 56.9 Å². The molecule has 32 heavy (non-hydrogen) atoms. The number of fused-ring (bicyclic) bond motifs is 3. The second-order valence-corrected chi connectivity index (χ2v) is 9.85. The molecule has 0 amide bonds. The van der Waals surface area contributed by atoms with Gasteiger partial charge in [0, 0.05) is 30.0 Å². The average Bonchev–Trinajstić information content (AvgIpc) is 3.19. The molecule has 0 aromatic rings. The van der Waals surface area contributed by atoms with Crippen LogP contribution in [-0.4, -0.2) is 36.3 Å². The van der Waals surface area contributed by atoms with Gasteiger partial charge in [-0.1, -0.05) is 42.5 Å². The third-order valence-electron chi connectivity index (χ3n) is 7.99. The van der Waals surface area contributed by atoms with Crippen LogP contribution in [0.4, 0.5) is 0 Å². The number of hydrogen-bond donors (Lipinski definition) is 2. The summed E-state index contributed by atoms with van der Waals surface area (Å²) < 4.78 is 12.1. The van der Waals surface area contributed by atoms with Gasteiger partial charge < -0.3 is 19.9 Å². The van der Waals surface area contributed by atoms with E-state index < -0.39 is 6.10 Å². The first kappa shape index (κ1) is 20.1. The number of aliphatic imine (C=N–C) groups is 1. The lowest BCUT2D eigenvalue weighted by Gasteiger charge is -2.33. The van der Waals surface area contributed by atoms with Crippen molar-refractivity contribution in [3.05, 3.63) is 71.4 Å². The molecule has 7 atom stereocenters. The molecule has 2 heterocycles. The van der Waals surface area contributed by atoms with Crippen molar-refractivity contribution in [3.63, 3.8) is 0 Å². The number of rotatable bonds is 3. The van der Waals surface area contributed by atoms with E-state index in [0.29, 0.717) is 11.8 Å². The van der Waals surface area contributed by atoms with Crippen LogP contribution in [0.25, 0.3) is 0 Å². The molecule has 0 spiro atoms. The molecule has 0 bridgehead atoms. The molecule has 0 saturated carbocycles. The van der Waals surface area contributed by atoms with Gasteiger partial charge in [0.2, 0.25) is 0 Å². The Hall–Kier alpha value is -2.53. The van der Waals surface area contributed by atoms with Crippen LogP contribution in [0.15, 0.2) is 76.4 Å². The second kappa shape index (κ2) is 8.11. The first-order chi connectivity index (χ1) is 15.7. The molecule has 6 aliphatic rings. The Morgan fingerprint density at radius 2 is 2.03 bits per heavy atom. The number of ether oxygens (including phenoxy) is 2. The predicted octanol–water partition coefficient (Wildman–Crippen LogP) is 4.31. The van der Waals surface area contributed by atoms with Crippen LogP contribution in [0, 0.1) is 23.7 Å². The fraction of sp³-hybridized carbons (Fsp3) is 0.519. The molecular formula is C27H32N2O3. The minimum Gasteiger partial charge on any atom is -0.490 e. The van der Waals surface area contributed by atoms with Crippen LogP contribution in [0.1, 0.15) is 38.5 Å². The standard InChI is InChI=1S/C27H32N2O3/c1-31-26-15-22(28-27(29-26)19-8-4-5-9-23(19)30)18-10-11-24-20(13-18)21-12-16-6-2-3-7-17(16)14-25(21)32-24/h2,4-6,8-9,13,15-19,23-24,27,29-30H,3,7,10-12,14H2,1H3. The van der Waals surface area contributed by atoms with Gasteiger partial charge in [0.1, 0.15) is 18.0 Å². The van der Waals surface area contributed by atoms with Gasteiger partial charge in [-0.25, -0.2) is 0 Å². The van der Waals surface area contributed by atoms with Crippen LogP contribution in [0.3, 0.4) is 0 Å². The quantitative estimate of drug-likeness (QED) is 0.653. The first-order valence-electron chi connectivity index (χ1n) is 12.1. The Labute approximate surface area is 190 Å². The molecule has 4 aliphatic carbocycles. The summed E-state index contributed by atoms with van der Waals surface area (Å²) in [6.45, 7) is 0. The topological polar surface area (TPSA) is 63.1 Å². The summed E-state index contributed by atoms with van der Waals surface area (Å²) in [4.78, 5) is 5.05. The Morgan fingerprint density at radius 3 is 2.91 bits per heavy atom. The van der Waals surface area contributed by atoms with Gasteiger partial charge in [0.15, 0.2) is 5.88 Å². The lowest BCUT2D eigenvalue weighted by atomic mass is 9.71. The molecule has 0 fully saturated rings. The summed E-state index contributed by atoms with van der Waals surface area (Å²) in [5.41, 5.74) is 3.90. The summed E-state index contributed by atoms with van der Waals surface area (Å²) in [5, 5.41) is 13.8. The van der Waals surface area contributed by atoms with Gasteiger partial charge in [-0.3, -0.25) is 4.99 Å².